The summed E-state index contributed by atoms with van der Waals surface area (Å²) in [5.74, 6) is 0.0527. The number of nitrogens with two attached hydrogens (primary N) is 2. The van der Waals surface area contributed by atoms with Gasteiger partial charge in [0.05, 0.1) is 0 Å². The smallest absolute Gasteiger partial charge is 0.238 e. The van der Waals surface area contributed by atoms with Gasteiger partial charge in [-0.1, -0.05) is 0 Å². The quantitative estimate of drug-likeness (QED) is 0.479. The average molecular weight is 169 g/mol. The Labute approximate surface area is 69.1 Å². The zero-order valence-electron chi connectivity index (χ0n) is 6.73. The summed E-state index contributed by atoms with van der Waals surface area (Å²) in [6.45, 7) is 2.47. The minimum Gasteiger partial charge on any atom is -0.424 e. The van der Waals surface area contributed by atoms with Crippen molar-refractivity contribution in [3.05, 3.63) is 11.6 Å². The van der Waals surface area contributed by atoms with Crippen LogP contribution in [0.4, 0.5) is 11.8 Å². The van der Waals surface area contributed by atoms with Crippen molar-refractivity contribution in [3.8, 4) is 0 Å². The Hall–Kier alpha value is -1.72. The largest absolute Gasteiger partial charge is 0.424 e. The molecule has 0 bridgehead atoms. The molecule has 0 aromatic carbocycles. The highest BCUT2D eigenvalue weighted by Crippen LogP contribution is 1.98. The highest BCUT2D eigenvalue weighted by atomic mass is 16.5. The zero-order chi connectivity index (χ0) is 9.14. The molecule has 0 saturated heterocycles. The predicted molar refractivity (Wildman–Crippen MR) is 44.3 cm³/mol. The Balaban J connectivity index is 3.31. The number of nitrogens with zero attached hydrogens (tertiary/aromatic N) is 3. The highest BCUT2D eigenvalue weighted by molar-refractivity contribution is 5.33. The van der Waals surface area contributed by atoms with Gasteiger partial charge in [0.25, 0.3) is 0 Å². The second-order valence-corrected chi connectivity index (χ2v) is 2.18. The van der Waals surface area contributed by atoms with Crippen LogP contribution >= 0.6 is 0 Å². The van der Waals surface area contributed by atoms with Crippen molar-refractivity contribution >= 4 is 11.8 Å². The summed E-state index contributed by atoms with van der Waals surface area (Å²) in [7, 11) is 0. The van der Waals surface area contributed by atoms with Crippen LogP contribution in [0.1, 0.15) is 6.92 Å². The van der Waals surface area contributed by atoms with Gasteiger partial charge in [-0.2, -0.15) is 4.98 Å². The molecular formula is C6H11N5O. The lowest BCUT2D eigenvalue weighted by atomic mass is 10.5. The Kier molecular flexibility index (Phi) is 2.18. The lowest BCUT2D eigenvalue weighted by Crippen LogP contribution is -2.19. The topological polar surface area (TPSA) is 102 Å². The summed E-state index contributed by atoms with van der Waals surface area (Å²) in [6, 6.07) is 1.44. The molecule has 1 heterocycles. The first kappa shape index (κ1) is 8.38. The first-order valence-corrected chi connectivity index (χ1v) is 3.50. The fraction of sp³-hybridized carbons (Fsp3) is 0.333. The van der Waals surface area contributed by atoms with Gasteiger partial charge in [0.15, 0.2) is 5.49 Å². The van der Waals surface area contributed by atoms with Crippen molar-refractivity contribution in [3.63, 3.8) is 0 Å². The van der Waals surface area contributed by atoms with Gasteiger partial charge < -0.3 is 16.7 Å². The second kappa shape index (κ2) is 3.12. The van der Waals surface area contributed by atoms with Crippen LogP contribution < -0.4 is 17.0 Å². The second-order valence-electron chi connectivity index (χ2n) is 2.18. The maximum Gasteiger partial charge on any atom is 0.238 e. The molecule has 1 aromatic rings. The number of anilines is 2. The predicted octanol–water partition coefficient (Wildman–Crippen LogP) is -0.795. The van der Waals surface area contributed by atoms with Crippen molar-refractivity contribution in [2.45, 2.75) is 6.92 Å². The van der Waals surface area contributed by atoms with Gasteiger partial charge >= 0.3 is 0 Å². The third kappa shape index (κ3) is 1.47. The average Bonchev–Trinajstić information content (AvgIpc) is 2.01. The summed E-state index contributed by atoms with van der Waals surface area (Å²) in [4.78, 5) is 7.74. The Morgan fingerprint density at radius 1 is 1.67 bits per heavy atom. The minimum atomic E-state index is -0.0674. The van der Waals surface area contributed by atoms with Crippen molar-refractivity contribution < 1.29 is 5.21 Å². The van der Waals surface area contributed by atoms with Crippen LogP contribution in [0.5, 0.6) is 0 Å². The molecule has 12 heavy (non-hydrogen) atoms. The number of aromatic nitrogens is 2. The van der Waals surface area contributed by atoms with Crippen molar-refractivity contribution in [1.82, 2.24) is 9.71 Å². The van der Waals surface area contributed by atoms with E-state index in [4.69, 9.17) is 16.7 Å². The van der Waals surface area contributed by atoms with E-state index in [1.165, 1.54) is 6.07 Å². The Morgan fingerprint density at radius 3 is 2.83 bits per heavy atom. The molecule has 0 radical (unpaired) electrons. The van der Waals surface area contributed by atoms with Gasteiger partial charge in [0, 0.05) is 12.6 Å². The van der Waals surface area contributed by atoms with Crippen LogP contribution in [-0.2, 0) is 0 Å². The van der Waals surface area contributed by atoms with Crippen molar-refractivity contribution in [2.24, 2.45) is 4.99 Å². The van der Waals surface area contributed by atoms with Crippen LogP contribution in [0.2, 0.25) is 0 Å². The van der Waals surface area contributed by atoms with E-state index in [1.807, 2.05) is 6.92 Å². The van der Waals surface area contributed by atoms with Gasteiger partial charge in [-0.3, -0.25) is 4.99 Å². The lowest BCUT2D eigenvalue weighted by Gasteiger charge is -2.03. The summed E-state index contributed by atoms with van der Waals surface area (Å²) in [5, 5.41) is 9.06. The molecule has 0 aliphatic heterocycles. The van der Waals surface area contributed by atoms with Gasteiger partial charge in [0.1, 0.15) is 5.82 Å². The molecule has 1 aromatic heterocycles. The van der Waals surface area contributed by atoms with Crippen molar-refractivity contribution in [1.29, 1.82) is 0 Å². The van der Waals surface area contributed by atoms with E-state index < -0.39 is 0 Å². The van der Waals surface area contributed by atoms with E-state index in [9.17, 15) is 0 Å². The van der Waals surface area contributed by atoms with Gasteiger partial charge in [-0.25, -0.2) is 0 Å². The fourth-order valence-corrected chi connectivity index (χ4v) is 0.766. The standard InChI is InChI=1S/C6H11N5O/c1-2-9-5-3-4(7)11(12)6(8)10-5/h3,12H,2,7H2,1H3,(H2,8,9,10). The molecule has 0 spiro atoms. The molecule has 0 atom stereocenters. The van der Waals surface area contributed by atoms with Crippen LogP contribution in [0.3, 0.4) is 0 Å². The lowest BCUT2D eigenvalue weighted by molar-refractivity contribution is 0.194. The van der Waals surface area contributed by atoms with Gasteiger partial charge in [-0.15, -0.1) is 4.73 Å². The Bertz CT molecular complexity index is 316. The third-order valence-corrected chi connectivity index (χ3v) is 1.29. The molecule has 6 nitrogen and oxygen atoms in total. The van der Waals surface area contributed by atoms with E-state index in [0.717, 1.165) is 0 Å². The number of rotatable bonds is 1. The van der Waals surface area contributed by atoms with E-state index in [-0.39, 0.29) is 11.8 Å². The number of hydrogen-bond donors (Lipinski definition) is 3. The highest BCUT2D eigenvalue weighted by Gasteiger charge is 1.98. The Morgan fingerprint density at radius 2 is 2.33 bits per heavy atom. The van der Waals surface area contributed by atoms with E-state index >= 15 is 0 Å². The summed E-state index contributed by atoms with van der Waals surface area (Å²) in [5.41, 5.74) is 11.1. The monoisotopic (exact) mass is 169 g/mol. The molecule has 0 unspecified atom stereocenters. The first-order chi connectivity index (χ1) is 5.65. The number of nitrogen functional groups attached to an aromatic ring is 2. The molecule has 0 aliphatic rings. The third-order valence-electron chi connectivity index (χ3n) is 1.29. The van der Waals surface area contributed by atoms with E-state index in [2.05, 4.69) is 9.98 Å². The van der Waals surface area contributed by atoms with Crippen LogP contribution in [0.25, 0.3) is 0 Å². The zero-order valence-corrected chi connectivity index (χ0v) is 6.73. The first-order valence-electron chi connectivity index (χ1n) is 3.50. The molecule has 6 heteroatoms. The van der Waals surface area contributed by atoms with Gasteiger partial charge in [0.2, 0.25) is 5.95 Å². The SMILES string of the molecule is CCN=c1cc(N)n(O)c(N)n1. The molecule has 0 aliphatic carbocycles. The molecule has 5 N–H and O–H groups in total. The maximum absolute atomic E-state index is 9.06. The molecular weight excluding hydrogens is 158 g/mol. The molecule has 0 amide bonds. The van der Waals surface area contributed by atoms with E-state index in [0.29, 0.717) is 16.8 Å². The fourth-order valence-electron chi connectivity index (χ4n) is 0.766. The van der Waals surface area contributed by atoms with Gasteiger partial charge in [-0.05, 0) is 6.92 Å². The minimum absolute atomic E-state index is 0.0674. The van der Waals surface area contributed by atoms with E-state index in [1.54, 1.807) is 0 Å². The van der Waals surface area contributed by atoms with Crippen molar-refractivity contribution in [2.75, 3.05) is 18.0 Å². The summed E-state index contributed by atoms with van der Waals surface area (Å²) >= 11 is 0. The number of hydrogen-bond acceptors (Lipinski definition) is 5. The summed E-state index contributed by atoms with van der Waals surface area (Å²) in [6.07, 6.45) is 0. The summed E-state index contributed by atoms with van der Waals surface area (Å²) < 4.78 is 0.606. The molecule has 0 saturated carbocycles. The van der Waals surface area contributed by atoms with Crippen LogP contribution in [0.15, 0.2) is 11.1 Å². The molecule has 0 fully saturated rings. The van der Waals surface area contributed by atoms with Crippen LogP contribution in [0, 0.1) is 0 Å². The molecule has 66 valence electrons. The maximum atomic E-state index is 9.06. The normalized spacial score (nSPS) is 11.9. The molecule has 1 rings (SSSR count). The van der Waals surface area contributed by atoms with Crippen LogP contribution in [-0.4, -0.2) is 21.5 Å².